The maximum Gasteiger partial charge on any atom is 0.271 e. The number of nitro benzene ring substituents is 1. The standard InChI is InChI=1S/C13H18N2O3/c14-12-8-11(15(16)17)6-7-13(12)18-9-10-4-2-1-3-5-10/h6-8,10H,1-5,9,14H2. The zero-order valence-corrected chi connectivity index (χ0v) is 10.3. The topological polar surface area (TPSA) is 78.4 Å². The lowest BCUT2D eigenvalue weighted by Gasteiger charge is -2.21. The molecule has 0 heterocycles. The van der Waals surface area contributed by atoms with E-state index in [2.05, 4.69) is 0 Å². The van der Waals surface area contributed by atoms with Crippen LogP contribution < -0.4 is 10.5 Å². The summed E-state index contributed by atoms with van der Waals surface area (Å²) in [6.07, 6.45) is 6.25. The molecule has 1 saturated carbocycles. The summed E-state index contributed by atoms with van der Waals surface area (Å²) in [5, 5.41) is 10.6. The number of hydrogen-bond acceptors (Lipinski definition) is 4. The van der Waals surface area contributed by atoms with Crippen molar-refractivity contribution in [3.63, 3.8) is 0 Å². The van der Waals surface area contributed by atoms with Crippen LogP contribution in [0.2, 0.25) is 0 Å². The van der Waals surface area contributed by atoms with Gasteiger partial charge in [-0.15, -0.1) is 0 Å². The Morgan fingerprint density at radius 2 is 2.06 bits per heavy atom. The second kappa shape index (κ2) is 5.71. The molecule has 1 aromatic carbocycles. The van der Waals surface area contributed by atoms with Gasteiger partial charge < -0.3 is 10.5 Å². The molecule has 0 unspecified atom stereocenters. The molecule has 0 radical (unpaired) electrons. The summed E-state index contributed by atoms with van der Waals surface area (Å²) in [5.74, 6) is 1.14. The molecule has 2 rings (SSSR count). The van der Waals surface area contributed by atoms with Crippen LogP contribution in [0.4, 0.5) is 11.4 Å². The van der Waals surface area contributed by atoms with Gasteiger partial charge in [-0.1, -0.05) is 19.3 Å². The molecular weight excluding hydrogens is 232 g/mol. The van der Waals surface area contributed by atoms with Crippen molar-refractivity contribution < 1.29 is 9.66 Å². The maximum absolute atomic E-state index is 10.6. The van der Waals surface area contributed by atoms with E-state index >= 15 is 0 Å². The van der Waals surface area contributed by atoms with Gasteiger partial charge in [0.25, 0.3) is 5.69 Å². The molecule has 0 saturated heterocycles. The van der Waals surface area contributed by atoms with Crippen LogP contribution in [0.25, 0.3) is 0 Å². The first-order valence-electron chi connectivity index (χ1n) is 6.33. The number of nitrogens with two attached hydrogens (primary N) is 1. The molecule has 1 aromatic rings. The van der Waals surface area contributed by atoms with Crippen molar-refractivity contribution in [1.29, 1.82) is 0 Å². The highest BCUT2D eigenvalue weighted by molar-refractivity contribution is 5.58. The van der Waals surface area contributed by atoms with Crippen molar-refractivity contribution in [1.82, 2.24) is 0 Å². The molecule has 2 N–H and O–H groups in total. The third-order valence-electron chi connectivity index (χ3n) is 3.40. The number of nitrogens with zero attached hydrogens (tertiary/aromatic N) is 1. The number of nitrogen functional groups attached to an aromatic ring is 1. The Morgan fingerprint density at radius 1 is 1.33 bits per heavy atom. The molecule has 0 aliphatic heterocycles. The Kier molecular flexibility index (Phi) is 4.02. The molecule has 0 aromatic heterocycles. The fourth-order valence-electron chi connectivity index (χ4n) is 2.34. The molecular formula is C13H18N2O3. The molecule has 5 heteroatoms. The molecule has 0 atom stereocenters. The summed E-state index contributed by atoms with van der Waals surface area (Å²) in [5.41, 5.74) is 6.08. The van der Waals surface area contributed by atoms with Crippen LogP contribution >= 0.6 is 0 Å². The number of nitro groups is 1. The molecule has 1 fully saturated rings. The van der Waals surface area contributed by atoms with Crippen molar-refractivity contribution in [2.75, 3.05) is 12.3 Å². The number of hydrogen-bond donors (Lipinski definition) is 1. The Hall–Kier alpha value is -1.78. The van der Waals surface area contributed by atoms with Gasteiger partial charge >= 0.3 is 0 Å². The quantitative estimate of drug-likeness (QED) is 0.506. The van der Waals surface area contributed by atoms with E-state index in [4.69, 9.17) is 10.5 Å². The van der Waals surface area contributed by atoms with E-state index < -0.39 is 4.92 Å². The number of ether oxygens (including phenoxy) is 1. The van der Waals surface area contributed by atoms with Crippen molar-refractivity contribution in [2.45, 2.75) is 32.1 Å². The Labute approximate surface area is 106 Å². The van der Waals surface area contributed by atoms with E-state index in [-0.39, 0.29) is 5.69 Å². The monoisotopic (exact) mass is 250 g/mol. The van der Waals surface area contributed by atoms with E-state index in [0.29, 0.717) is 24.0 Å². The van der Waals surface area contributed by atoms with Gasteiger partial charge in [-0.05, 0) is 24.8 Å². The Morgan fingerprint density at radius 3 is 2.67 bits per heavy atom. The van der Waals surface area contributed by atoms with Crippen molar-refractivity contribution in [3.8, 4) is 5.75 Å². The average molecular weight is 250 g/mol. The number of non-ortho nitro benzene ring substituents is 1. The van der Waals surface area contributed by atoms with E-state index in [1.165, 1.54) is 44.2 Å². The van der Waals surface area contributed by atoms with E-state index in [9.17, 15) is 10.1 Å². The second-order valence-electron chi connectivity index (χ2n) is 4.79. The highest BCUT2D eigenvalue weighted by Gasteiger charge is 2.15. The molecule has 0 amide bonds. The number of benzene rings is 1. The summed E-state index contributed by atoms with van der Waals surface area (Å²) >= 11 is 0. The third kappa shape index (κ3) is 3.12. The lowest BCUT2D eigenvalue weighted by Crippen LogP contribution is -2.15. The van der Waals surface area contributed by atoms with Gasteiger partial charge in [-0.25, -0.2) is 0 Å². The molecule has 0 spiro atoms. The van der Waals surface area contributed by atoms with E-state index in [1.54, 1.807) is 6.07 Å². The highest BCUT2D eigenvalue weighted by Crippen LogP contribution is 2.29. The summed E-state index contributed by atoms with van der Waals surface area (Å²) in [7, 11) is 0. The van der Waals surface area contributed by atoms with Gasteiger partial charge in [0.05, 0.1) is 17.2 Å². The predicted molar refractivity (Wildman–Crippen MR) is 69.6 cm³/mol. The molecule has 1 aliphatic carbocycles. The summed E-state index contributed by atoms with van der Waals surface area (Å²) in [6, 6.07) is 4.35. The zero-order valence-electron chi connectivity index (χ0n) is 10.3. The lowest BCUT2D eigenvalue weighted by atomic mass is 9.90. The van der Waals surface area contributed by atoms with Crippen molar-refractivity contribution in [3.05, 3.63) is 28.3 Å². The van der Waals surface area contributed by atoms with Crippen LogP contribution in [-0.2, 0) is 0 Å². The predicted octanol–water partition coefficient (Wildman–Crippen LogP) is 3.14. The lowest BCUT2D eigenvalue weighted by molar-refractivity contribution is -0.384. The number of rotatable bonds is 4. The third-order valence-corrected chi connectivity index (χ3v) is 3.40. The fourth-order valence-corrected chi connectivity index (χ4v) is 2.34. The highest BCUT2D eigenvalue weighted by atomic mass is 16.6. The van der Waals surface area contributed by atoms with E-state index in [0.717, 1.165) is 0 Å². The van der Waals surface area contributed by atoms with Gasteiger partial charge in [0, 0.05) is 12.1 Å². The van der Waals surface area contributed by atoms with Crippen LogP contribution in [0.5, 0.6) is 5.75 Å². The maximum atomic E-state index is 10.6. The number of anilines is 1. The first kappa shape index (κ1) is 12.7. The van der Waals surface area contributed by atoms with Crippen LogP contribution in [0.1, 0.15) is 32.1 Å². The van der Waals surface area contributed by atoms with Gasteiger partial charge in [-0.2, -0.15) is 0 Å². The molecule has 18 heavy (non-hydrogen) atoms. The first-order chi connectivity index (χ1) is 8.66. The van der Waals surface area contributed by atoms with Crippen LogP contribution in [0.15, 0.2) is 18.2 Å². The second-order valence-corrected chi connectivity index (χ2v) is 4.79. The first-order valence-corrected chi connectivity index (χ1v) is 6.33. The fraction of sp³-hybridized carbons (Fsp3) is 0.538. The van der Waals surface area contributed by atoms with Crippen LogP contribution in [0, 0.1) is 16.0 Å². The molecule has 0 bridgehead atoms. The minimum atomic E-state index is -0.457. The van der Waals surface area contributed by atoms with Crippen molar-refractivity contribution >= 4 is 11.4 Å². The summed E-state index contributed by atoms with van der Waals surface area (Å²) < 4.78 is 5.66. The SMILES string of the molecule is Nc1cc([N+](=O)[O-])ccc1OCC1CCCCC1. The molecule has 98 valence electrons. The van der Waals surface area contributed by atoms with Gasteiger partial charge in [0.1, 0.15) is 5.75 Å². The van der Waals surface area contributed by atoms with Gasteiger partial charge in [0.2, 0.25) is 0 Å². The van der Waals surface area contributed by atoms with E-state index in [1.807, 2.05) is 0 Å². The van der Waals surface area contributed by atoms with Crippen LogP contribution in [-0.4, -0.2) is 11.5 Å². The summed E-state index contributed by atoms with van der Waals surface area (Å²) in [6.45, 7) is 0.655. The molecule has 5 nitrogen and oxygen atoms in total. The zero-order chi connectivity index (χ0) is 13.0. The van der Waals surface area contributed by atoms with Gasteiger partial charge in [-0.3, -0.25) is 10.1 Å². The largest absolute Gasteiger partial charge is 0.491 e. The normalized spacial score (nSPS) is 16.4. The smallest absolute Gasteiger partial charge is 0.271 e. The molecule has 1 aliphatic rings. The van der Waals surface area contributed by atoms with Gasteiger partial charge in [0.15, 0.2) is 0 Å². The Balaban J connectivity index is 1.94. The average Bonchev–Trinajstić information content (AvgIpc) is 2.38. The van der Waals surface area contributed by atoms with Crippen molar-refractivity contribution in [2.24, 2.45) is 5.92 Å². The Bertz CT molecular complexity index is 428. The minimum Gasteiger partial charge on any atom is -0.491 e. The summed E-state index contributed by atoms with van der Waals surface area (Å²) in [4.78, 5) is 10.1. The minimum absolute atomic E-state index is 0.00230. The van der Waals surface area contributed by atoms with Crippen LogP contribution in [0.3, 0.4) is 0 Å².